The van der Waals surface area contributed by atoms with Gasteiger partial charge in [-0.15, -0.1) is 0 Å². The fraction of sp³-hybridized carbons (Fsp3) is 0.276. The third kappa shape index (κ3) is 3.24. The number of rotatable bonds is 1. The summed E-state index contributed by atoms with van der Waals surface area (Å²) >= 11 is 0. The van der Waals surface area contributed by atoms with Gasteiger partial charge in [0, 0.05) is 31.6 Å². The number of benzene rings is 3. The van der Waals surface area contributed by atoms with E-state index in [0.717, 1.165) is 53.6 Å². The molecule has 3 aliphatic rings. The van der Waals surface area contributed by atoms with Crippen molar-refractivity contribution in [3.63, 3.8) is 0 Å². The third-order valence-corrected chi connectivity index (χ3v) is 7.79. The molecule has 2 unspecified atom stereocenters. The van der Waals surface area contributed by atoms with Gasteiger partial charge < -0.3 is 15.5 Å². The van der Waals surface area contributed by atoms with Crippen molar-refractivity contribution in [2.45, 2.75) is 43.4 Å². The van der Waals surface area contributed by atoms with Crippen LogP contribution in [-0.2, 0) is 23.4 Å². The summed E-state index contributed by atoms with van der Waals surface area (Å²) in [5, 5.41) is 2.78. The van der Waals surface area contributed by atoms with Crippen LogP contribution in [0, 0.1) is 0 Å². The van der Waals surface area contributed by atoms with Crippen molar-refractivity contribution < 1.29 is 9.57 Å². The van der Waals surface area contributed by atoms with Gasteiger partial charge in [-0.2, -0.15) is 0 Å². The second-order valence-corrected chi connectivity index (χ2v) is 10.1. The second kappa shape index (κ2) is 7.36. The lowest BCUT2D eigenvalue weighted by molar-refractivity contribution is -0.204. The van der Waals surface area contributed by atoms with E-state index in [1.54, 1.807) is 5.06 Å². The number of H-pyrrole nitrogens is 1. The maximum absolute atomic E-state index is 6.89. The second-order valence-electron chi connectivity index (χ2n) is 10.1. The first-order chi connectivity index (χ1) is 17.0. The molecule has 0 fully saturated rings. The molecule has 1 aliphatic carbocycles. The number of hydrogen-bond acceptors (Lipinski definition) is 5. The molecule has 2 atom stereocenters. The Morgan fingerprint density at radius 1 is 1.00 bits per heavy atom. The Kier molecular flexibility index (Phi) is 4.33. The minimum absolute atomic E-state index is 0.389. The number of nitrogens with two attached hydrogens (primary N) is 1. The van der Waals surface area contributed by atoms with Gasteiger partial charge in [0.2, 0.25) is 11.7 Å². The number of aromatic amines is 1. The lowest BCUT2D eigenvalue weighted by atomic mass is 9.78. The fourth-order valence-corrected chi connectivity index (χ4v) is 6.11. The fourth-order valence-electron chi connectivity index (χ4n) is 6.11. The molecule has 0 bridgehead atoms. The normalized spacial score (nSPS) is 25.3. The number of nitrogens with zero attached hydrogens (tertiary/aromatic N) is 2. The van der Waals surface area contributed by atoms with E-state index in [1.165, 1.54) is 16.5 Å². The van der Waals surface area contributed by atoms with Crippen molar-refractivity contribution in [2.24, 2.45) is 10.7 Å². The Balaban J connectivity index is 1.36. The number of guanidine groups is 1. The molecule has 7 rings (SSSR count). The minimum atomic E-state index is -0.905. The highest BCUT2D eigenvalue weighted by Gasteiger charge is 2.54. The van der Waals surface area contributed by atoms with Crippen molar-refractivity contribution in [2.75, 3.05) is 7.05 Å². The summed E-state index contributed by atoms with van der Waals surface area (Å²) in [5.41, 5.74) is 12.0. The van der Waals surface area contributed by atoms with Gasteiger partial charge in [-0.1, -0.05) is 42.5 Å². The number of hydroxylamine groups is 2. The zero-order valence-corrected chi connectivity index (χ0v) is 19.8. The van der Waals surface area contributed by atoms with Gasteiger partial charge in [-0.3, -0.25) is 0 Å². The Bertz CT molecular complexity index is 1490. The van der Waals surface area contributed by atoms with Crippen molar-refractivity contribution in [1.29, 1.82) is 0 Å². The Morgan fingerprint density at radius 3 is 2.69 bits per heavy atom. The number of nitrogens with one attached hydrogen (secondary N) is 1. The van der Waals surface area contributed by atoms with E-state index in [4.69, 9.17) is 20.3 Å². The standard InChI is InChI=1S/C29H28N4O2/c1-33-27(30)32-29(35-33)18-28(13-4-7-19-5-2-3-6-23(19)17-28)34-26-11-10-21(15-24(26)29)22-9-8-20-12-14-31-25(20)16-22/h2-3,5-6,8-12,14-16,31H,4,7,13,17-18H2,1H3,(H2,30,32). The zero-order chi connectivity index (χ0) is 23.6. The minimum Gasteiger partial charge on any atom is -0.486 e. The molecule has 0 radical (unpaired) electrons. The zero-order valence-electron chi connectivity index (χ0n) is 19.8. The molecule has 4 aromatic rings. The summed E-state index contributed by atoms with van der Waals surface area (Å²) in [6, 6.07) is 23.6. The first kappa shape index (κ1) is 20.6. The van der Waals surface area contributed by atoms with Gasteiger partial charge in [0.15, 0.2) is 0 Å². The summed E-state index contributed by atoms with van der Waals surface area (Å²) < 4.78 is 6.89. The van der Waals surface area contributed by atoms with Crippen molar-refractivity contribution in [3.8, 4) is 16.9 Å². The van der Waals surface area contributed by atoms with Crippen LogP contribution in [-0.4, -0.2) is 28.7 Å². The molecule has 3 aromatic carbocycles. The van der Waals surface area contributed by atoms with Crippen molar-refractivity contribution >= 4 is 16.9 Å². The summed E-state index contributed by atoms with van der Waals surface area (Å²) in [7, 11) is 1.82. The molecular formula is C29H28N4O2. The molecule has 176 valence electrons. The van der Waals surface area contributed by atoms with Gasteiger partial charge >= 0.3 is 0 Å². The molecule has 0 saturated heterocycles. The van der Waals surface area contributed by atoms with Gasteiger partial charge in [0.1, 0.15) is 11.4 Å². The van der Waals surface area contributed by atoms with Crippen LogP contribution in [0.2, 0.25) is 0 Å². The topological polar surface area (TPSA) is 75.9 Å². The van der Waals surface area contributed by atoms with E-state index < -0.39 is 11.3 Å². The van der Waals surface area contributed by atoms with Crippen LogP contribution >= 0.6 is 0 Å². The van der Waals surface area contributed by atoms with Gasteiger partial charge in [0.25, 0.3) is 0 Å². The van der Waals surface area contributed by atoms with Crippen LogP contribution in [0.25, 0.3) is 22.0 Å². The first-order valence-corrected chi connectivity index (χ1v) is 12.3. The molecule has 6 nitrogen and oxygen atoms in total. The van der Waals surface area contributed by atoms with Crippen molar-refractivity contribution in [1.82, 2.24) is 10.0 Å². The maximum atomic E-state index is 6.89. The number of hydrogen-bond donors (Lipinski definition) is 2. The quantitative estimate of drug-likeness (QED) is 0.402. The van der Waals surface area contributed by atoms with Crippen LogP contribution in [0.4, 0.5) is 0 Å². The molecule has 2 spiro atoms. The predicted molar refractivity (Wildman–Crippen MR) is 137 cm³/mol. The summed E-state index contributed by atoms with van der Waals surface area (Å²) in [6.45, 7) is 0. The number of fused-ring (bicyclic) bond motifs is 4. The SMILES string of the molecule is CN1OC2(CC3(CCCc4ccccc4C3)Oc3ccc(-c4ccc5cc[nH]c5c4)cc32)N=C1N. The van der Waals surface area contributed by atoms with Crippen LogP contribution in [0.1, 0.15) is 36.0 Å². The highest BCUT2D eigenvalue weighted by molar-refractivity contribution is 5.85. The Hall–Kier alpha value is -3.77. The van der Waals surface area contributed by atoms with Crippen molar-refractivity contribution in [3.05, 3.63) is 89.6 Å². The summed E-state index contributed by atoms with van der Waals surface area (Å²) in [4.78, 5) is 14.7. The van der Waals surface area contributed by atoms with E-state index in [9.17, 15) is 0 Å². The van der Waals surface area contributed by atoms with E-state index in [0.29, 0.717) is 12.4 Å². The monoisotopic (exact) mass is 464 g/mol. The van der Waals surface area contributed by atoms with Crippen LogP contribution in [0.5, 0.6) is 5.75 Å². The summed E-state index contributed by atoms with van der Waals surface area (Å²) in [6.07, 6.45) is 6.48. The predicted octanol–water partition coefficient (Wildman–Crippen LogP) is 5.28. The van der Waals surface area contributed by atoms with Gasteiger partial charge in [-0.25, -0.2) is 14.9 Å². The van der Waals surface area contributed by atoms with E-state index in [-0.39, 0.29) is 0 Å². The molecule has 3 heterocycles. The smallest absolute Gasteiger partial charge is 0.222 e. The Morgan fingerprint density at radius 2 is 1.83 bits per heavy atom. The number of aryl methyl sites for hydroxylation is 1. The number of aliphatic imine (C=N–C) groups is 1. The van der Waals surface area contributed by atoms with Gasteiger partial charge in [-0.05, 0) is 71.2 Å². The van der Waals surface area contributed by atoms with Crippen LogP contribution in [0.3, 0.4) is 0 Å². The van der Waals surface area contributed by atoms with E-state index in [2.05, 4.69) is 71.7 Å². The van der Waals surface area contributed by atoms with E-state index in [1.807, 2.05) is 13.2 Å². The summed E-state index contributed by atoms with van der Waals surface area (Å²) in [5.74, 6) is 1.22. The molecule has 6 heteroatoms. The molecule has 35 heavy (non-hydrogen) atoms. The van der Waals surface area contributed by atoms with E-state index >= 15 is 0 Å². The lowest BCUT2D eigenvalue weighted by Gasteiger charge is -2.45. The highest BCUT2D eigenvalue weighted by Crippen LogP contribution is 2.53. The highest BCUT2D eigenvalue weighted by atomic mass is 16.7. The molecule has 0 amide bonds. The lowest BCUT2D eigenvalue weighted by Crippen LogP contribution is -2.49. The average molecular weight is 465 g/mol. The van der Waals surface area contributed by atoms with Crippen LogP contribution in [0.15, 0.2) is 77.9 Å². The number of aromatic nitrogens is 1. The molecule has 1 aromatic heterocycles. The molecule has 3 N–H and O–H groups in total. The maximum Gasteiger partial charge on any atom is 0.222 e. The molecule has 2 aliphatic heterocycles. The van der Waals surface area contributed by atoms with Crippen LogP contribution < -0.4 is 10.5 Å². The molecular weight excluding hydrogens is 436 g/mol. The first-order valence-electron chi connectivity index (χ1n) is 12.3. The third-order valence-electron chi connectivity index (χ3n) is 7.79. The van der Waals surface area contributed by atoms with Gasteiger partial charge in [0.05, 0.1) is 5.56 Å². The Labute approximate surface area is 204 Å². The number of ether oxygens (including phenoxy) is 1. The average Bonchev–Trinajstić information content (AvgIpc) is 3.38. The molecule has 0 saturated carbocycles. The largest absolute Gasteiger partial charge is 0.486 e.